The zero-order chi connectivity index (χ0) is 13.4. The van der Waals surface area contributed by atoms with Gasteiger partial charge in [0.1, 0.15) is 11.3 Å². The van der Waals surface area contributed by atoms with Crippen molar-refractivity contribution in [1.29, 1.82) is 0 Å². The lowest BCUT2D eigenvalue weighted by molar-refractivity contribution is 0.0995. The molecule has 0 spiro atoms. The van der Waals surface area contributed by atoms with Crippen LogP contribution in [0.3, 0.4) is 0 Å². The first-order valence-corrected chi connectivity index (χ1v) is 5.64. The van der Waals surface area contributed by atoms with Gasteiger partial charge < -0.3 is 11.1 Å². The molecule has 0 fully saturated rings. The van der Waals surface area contributed by atoms with E-state index in [2.05, 4.69) is 25.5 Å². The molecule has 4 N–H and O–H groups in total. The van der Waals surface area contributed by atoms with Crippen molar-refractivity contribution in [3.05, 3.63) is 35.4 Å². The summed E-state index contributed by atoms with van der Waals surface area (Å²) in [5, 5.41) is 9.45. The fourth-order valence-corrected chi connectivity index (χ4v) is 1.78. The molecule has 0 aromatic carbocycles. The third-order valence-corrected chi connectivity index (χ3v) is 2.61. The number of fused-ring (bicyclic) bond motifs is 1. The molecular formula is C10H8ClN7O. The predicted octanol–water partition coefficient (Wildman–Crippen LogP) is 0.948. The fourth-order valence-electron chi connectivity index (χ4n) is 1.62. The van der Waals surface area contributed by atoms with E-state index >= 15 is 0 Å². The molecule has 3 heterocycles. The van der Waals surface area contributed by atoms with E-state index in [4.69, 9.17) is 17.3 Å². The Morgan fingerprint density at radius 1 is 1.47 bits per heavy atom. The van der Waals surface area contributed by atoms with Crippen LogP contribution in [0.5, 0.6) is 0 Å². The number of nitrogens with one attached hydrogen (secondary N) is 2. The Morgan fingerprint density at radius 2 is 2.32 bits per heavy atom. The summed E-state index contributed by atoms with van der Waals surface area (Å²) in [4.78, 5) is 19.1. The van der Waals surface area contributed by atoms with Crippen LogP contribution in [0.2, 0.25) is 5.28 Å². The molecule has 0 aliphatic carbocycles. The maximum atomic E-state index is 11.0. The Hall–Kier alpha value is -2.61. The number of halogens is 1. The van der Waals surface area contributed by atoms with Crippen LogP contribution in [0.4, 0.5) is 11.8 Å². The average Bonchev–Trinajstić information content (AvgIpc) is 2.96. The second kappa shape index (κ2) is 4.25. The number of nitrogens with zero attached hydrogens (tertiary/aromatic N) is 4. The van der Waals surface area contributed by atoms with Gasteiger partial charge in [-0.15, -0.1) is 0 Å². The summed E-state index contributed by atoms with van der Waals surface area (Å²) in [6.45, 7) is 0. The number of aromatic nitrogens is 5. The second-order valence-electron chi connectivity index (χ2n) is 3.71. The Bertz CT molecular complexity index is 762. The van der Waals surface area contributed by atoms with Gasteiger partial charge in [-0.25, -0.2) is 0 Å². The highest BCUT2D eigenvalue weighted by Gasteiger charge is 2.09. The van der Waals surface area contributed by atoms with Gasteiger partial charge in [-0.3, -0.25) is 14.3 Å². The van der Waals surface area contributed by atoms with Gasteiger partial charge in [0.15, 0.2) is 5.82 Å². The van der Waals surface area contributed by atoms with Crippen molar-refractivity contribution < 1.29 is 4.79 Å². The van der Waals surface area contributed by atoms with E-state index in [1.807, 2.05) is 6.07 Å². The van der Waals surface area contributed by atoms with Gasteiger partial charge >= 0.3 is 0 Å². The number of H-pyrrole nitrogens is 1. The third-order valence-electron chi connectivity index (χ3n) is 2.44. The monoisotopic (exact) mass is 277 g/mol. The average molecular weight is 278 g/mol. The predicted molar refractivity (Wildman–Crippen MR) is 68.4 cm³/mol. The molecule has 8 nitrogen and oxygen atoms in total. The molecular weight excluding hydrogens is 270 g/mol. The van der Waals surface area contributed by atoms with Crippen LogP contribution in [0.1, 0.15) is 10.5 Å². The van der Waals surface area contributed by atoms with Gasteiger partial charge in [0.25, 0.3) is 5.91 Å². The van der Waals surface area contributed by atoms with Crippen LogP contribution in [-0.2, 0) is 0 Å². The summed E-state index contributed by atoms with van der Waals surface area (Å²) in [6.07, 6.45) is 1.77. The van der Waals surface area contributed by atoms with Gasteiger partial charge in [-0.1, -0.05) is 0 Å². The number of rotatable bonds is 3. The molecule has 96 valence electrons. The Kier molecular flexibility index (Phi) is 2.57. The van der Waals surface area contributed by atoms with E-state index in [0.717, 1.165) is 0 Å². The van der Waals surface area contributed by atoms with Gasteiger partial charge in [-0.05, 0) is 23.7 Å². The number of hydrogen-bond donors (Lipinski definition) is 3. The highest BCUT2D eigenvalue weighted by Crippen LogP contribution is 2.17. The zero-order valence-electron chi connectivity index (χ0n) is 9.46. The van der Waals surface area contributed by atoms with Gasteiger partial charge in [0.2, 0.25) is 11.2 Å². The van der Waals surface area contributed by atoms with Crippen molar-refractivity contribution in [2.75, 3.05) is 5.32 Å². The van der Waals surface area contributed by atoms with Crippen LogP contribution < -0.4 is 11.1 Å². The van der Waals surface area contributed by atoms with Crippen molar-refractivity contribution in [2.45, 2.75) is 0 Å². The first-order valence-electron chi connectivity index (χ1n) is 5.26. The van der Waals surface area contributed by atoms with E-state index in [1.165, 1.54) is 6.07 Å². The van der Waals surface area contributed by atoms with Crippen molar-refractivity contribution in [1.82, 2.24) is 24.6 Å². The molecule has 0 bridgehead atoms. The lowest BCUT2D eigenvalue weighted by atomic mass is 10.4. The number of carbonyl (C=O) groups is 1. The molecule has 0 aliphatic heterocycles. The maximum absolute atomic E-state index is 11.0. The van der Waals surface area contributed by atoms with Crippen LogP contribution >= 0.6 is 11.6 Å². The summed E-state index contributed by atoms with van der Waals surface area (Å²) in [5.41, 5.74) is 5.98. The summed E-state index contributed by atoms with van der Waals surface area (Å²) >= 11 is 5.82. The number of aromatic amines is 1. The molecule has 0 aliphatic rings. The molecule has 1 amide bonds. The lowest BCUT2D eigenvalue weighted by Crippen LogP contribution is -2.11. The first kappa shape index (κ1) is 11.5. The minimum Gasteiger partial charge on any atom is -0.364 e. The molecule has 0 saturated carbocycles. The van der Waals surface area contributed by atoms with E-state index < -0.39 is 5.91 Å². The van der Waals surface area contributed by atoms with Crippen molar-refractivity contribution in [2.24, 2.45) is 5.73 Å². The van der Waals surface area contributed by atoms with Gasteiger partial charge in [0.05, 0.1) is 0 Å². The minimum absolute atomic E-state index is 0.111. The second-order valence-corrected chi connectivity index (χ2v) is 4.05. The molecule has 9 heteroatoms. The number of primary amides is 1. The van der Waals surface area contributed by atoms with Gasteiger partial charge in [0, 0.05) is 12.3 Å². The largest absolute Gasteiger partial charge is 0.364 e. The molecule has 3 rings (SSSR count). The Balaban J connectivity index is 2.00. The quantitative estimate of drug-likeness (QED) is 0.659. The number of carbonyl (C=O) groups excluding carboxylic acids is 1. The standard InChI is InChI=1S/C10H8ClN7O/c11-9-14-7-2-1-3-18(7)10(15-9)13-6-4-5(8(12)19)16-17-6/h1-4H,(H2,12,19)(H2,13,14,15,16,17). The zero-order valence-corrected chi connectivity index (χ0v) is 10.2. The summed E-state index contributed by atoms with van der Waals surface area (Å²) in [5.74, 6) is 0.244. The van der Waals surface area contributed by atoms with Crippen molar-refractivity contribution in [3.8, 4) is 0 Å². The molecule has 0 saturated heterocycles. The van der Waals surface area contributed by atoms with Crippen LogP contribution in [0.25, 0.3) is 5.65 Å². The van der Waals surface area contributed by atoms with Crippen LogP contribution in [-0.4, -0.2) is 30.5 Å². The Morgan fingerprint density at radius 3 is 3.05 bits per heavy atom. The van der Waals surface area contributed by atoms with Gasteiger partial charge in [-0.2, -0.15) is 15.1 Å². The van der Waals surface area contributed by atoms with E-state index in [9.17, 15) is 4.79 Å². The first-order chi connectivity index (χ1) is 9.13. The van der Waals surface area contributed by atoms with Crippen molar-refractivity contribution in [3.63, 3.8) is 0 Å². The number of amides is 1. The smallest absolute Gasteiger partial charge is 0.266 e. The number of hydrogen-bond acceptors (Lipinski definition) is 5. The van der Waals surface area contributed by atoms with Crippen LogP contribution in [0.15, 0.2) is 24.4 Å². The van der Waals surface area contributed by atoms with Crippen LogP contribution in [0, 0.1) is 0 Å². The molecule has 19 heavy (non-hydrogen) atoms. The van der Waals surface area contributed by atoms with E-state index in [-0.39, 0.29) is 11.0 Å². The fraction of sp³-hybridized carbons (Fsp3) is 0. The molecule has 0 unspecified atom stereocenters. The maximum Gasteiger partial charge on any atom is 0.266 e. The lowest BCUT2D eigenvalue weighted by Gasteiger charge is -2.05. The molecule has 0 atom stereocenters. The Labute approximate surface area is 111 Å². The van der Waals surface area contributed by atoms with E-state index in [1.54, 1.807) is 16.7 Å². The summed E-state index contributed by atoms with van der Waals surface area (Å²) in [7, 11) is 0. The molecule has 0 radical (unpaired) electrons. The highest BCUT2D eigenvalue weighted by atomic mass is 35.5. The van der Waals surface area contributed by atoms with Crippen molar-refractivity contribution >= 4 is 34.9 Å². The molecule has 3 aromatic heterocycles. The highest BCUT2D eigenvalue weighted by molar-refractivity contribution is 6.28. The summed E-state index contributed by atoms with van der Waals surface area (Å²) < 4.78 is 1.70. The van der Waals surface area contributed by atoms with E-state index in [0.29, 0.717) is 17.4 Å². The molecule has 3 aromatic rings. The topological polar surface area (TPSA) is 114 Å². The SMILES string of the molecule is NC(=O)c1cc(Nc2nc(Cl)nc3cccn23)n[nH]1. The number of anilines is 2. The normalized spacial score (nSPS) is 10.8. The summed E-state index contributed by atoms with van der Waals surface area (Å²) in [6, 6.07) is 5.08. The third kappa shape index (κ3) is 2.08. The minimum atomic E-state index is -0.590. The number of nitrogens with two attached hydrogens (primary N) is 1.